The van der Waals surface area contributed by atoms with Gasteiger partial charge in [-0.2, -0.15) is 4.31 Å². The molecule has 162 valence electrons. The Hall–Kier alpha value is -2.62. The van der Waals surface area contributed by atoms with Gasteiger partial charge < -0.3 is 19.5 Å². The highest BCUT2D eigenvalue weighted by Gasteiger charge is 2.27. The Morgan fingerprint density at radius 2 is 1.90 bits per heavy atom. The molecule has 1 aliphatic heterocycles. The molecule has 2 aromatic rings. The number of benzene rings is 2. The first-order chi connectivity index (χ1) is 14.3. The van der Waals surface area contributed by atoms with Crippen LogP contribution in [0, 0.1) is 6.92 Å². The predicted octanol–water partition coefficient (Wildman–Crippen LogP) is 2.43. The van der Waals surface area contributed by atoms with Gasteiger partial charge in [0.25, 0.3) is 5.91 Å². The normalized spacial score (nSPS) is 16.0. The lowest BCUT2D eigenvalue weighted by molar-refractivity contribution is -0.122. The molecule has 1 fully saturated rings. The van der Waals surface area contributed by atoms with Crippen LogP contribution in [0.2, 0.25) is 0 Å². The zero-order valence-corrected chi connectivity index (χ0v) is 18.1. The minimum absolute atomic E-state index is 0.0766. The van der Waals surface area contributed by atoms with Crippen LogP contribution in [0.25, 0.3) is 0 Å². The van der Waals surface area contributed by atoms with Crippen molar-refractivity contribution in [2.75, 3.05) is 38.7 Å². The summed E-state index contributed by atoms with van der Waals surface area (Å²) in [6, 6.07) is 11.8. The molecule has 3 rings (SSSR count). The van der Waals surface area contributed by atoms with Gasteiger partial charge in [0.05, 0.1) is 30.9 Å². The number of amides is 1. The van der Waals surface area contributed by atoms with E-state index in [0.29, 0.717) is 24.7 Å². The van der Waals surface area contributed by atoms with E-state index in [9.17, 15) is 13.2 Å². The number of sulfonamides is 1. The summed E-state index contributed by atoms with van der Waals surface area (Å²) in [5, 5.41) is 2.71. The van der Waals surface area contributed by atoms with Crippen LogP contribution in [0.1, 0.15) is 12.5 Å². The molecule has 1 N–H and O–H groups in total. The number of hydrogen-bond acceptors (Lipinski definition) is 6. The van der Waals surface area contributed by atoms with Crippen LogP contribution >= 0.6 is 0 Å². The van der Waals surface area contributed by atoms with Crippen LogP contribution in [0.5, 0.6) is 11.5 Å². The highest BCUT2D eigenvalue weighted by Crippen LogP contribution is 2.29. The van der Waals surface area contributed by atoms with Crippen LogP contribution in [-0.4, -0.2) is 58.1 Å². The third-order valence-electron chi connectivity index (χ3n) is 4.71. The fourth-order valence-corrected chi connectivity index (χ4v) is 4.50. The number of aryl methyl sites for hydroxylation is 1. The fraction of sp³-hybridized carbons (Fsp3) is 0.381. The van der Waals surface area contributed by atoms with Gasteiger partial charge in [-0.1, -0.05) is 12.1 Å². The van der Waals surface area contributed by atoms with E-state index in [1.807, 2.05) is 25.1 Å². The molecule has 0 unspecified atom stereocenters. The maximum Gasteiger partial charge on any atom is 0.265 e. The second kappa shape index (κ2) is 9.46. The average molecular weight is 435 g/mol. The molecule has 1 atom stereocenters. The SMILES string of the molecule is COc1ccc(S(=O)(=O)N2CCOCC2)cc1NC(=O)[C@@H](C)Oc1cccc(C)c1. The highest BCUT2D eigenvalue weighted by molar-refractivity contribution is 7.89. The Kier molecular flexibility index (Phi) is 6.96. The number of methoxy groups -OCH3 is 1. The third kappa shape index (κ3) is 5.10. The Labute approximate surface area is 176 Å². The lowest BCUT2D eigenvalue weighted by Crippen LogP contribution is -2.40. The van der Waals surface area contributed by atoms with Crippen LogP contribution in [-0.2, 0) is 19.6 Å². The summed E-state index contributed by atoms with van der Waals surface area (Å²) in [7, 11) is -2.25. The van der Waals surface area contributed by atoms with Crippen LogP contribution in [0.15, 0.2) is 47.4 Å². The first kappa shape index (κ1) is 22.1. The Bertz CT molecular complexity index is 1000. The van der Waals surface area contributed by atoms with E-state index in [0.717, 1.165) is 5.56 Å². The van der Waals surface area contributed by atoms with Gasteiger partial charge in [0, 0.05) is 13.1 Å². The Morgan fingerprint density at radius 3 is 2.57 bits per heavy atom. The molecule has 0 saturated carbocycles. The minimum atomic E-state index is -3.70. The highest BCUT2D eigenvalue weighted by atomic mass is 32.2. The molecular weight excluding hydrogens is 408 g/mol. The Morgan fingerprint density at radius 1 is 1.17 bits per heavy atom. The standard InChI is InChI=1S/C21H26N2O6S/c1-15-5-4-6-17(13-15)29-16(2)21(24)22-19-14-18(7-8-20(19)27-3)30(25,26)23-9-11-28-12-10-23/h4-8,13-14,16H,9-12H2,1-3H3,(H,22,24)/t16-/m1/s1. The van der Waals surface area contributed by atoms with E-state index in [1.54, 1.807) is 13.0 Å². The van der Waals surface area contributed by atoms with Gasteiger partial charge in [0.15, 0.2) is 6.10 Å². The summed E-state index contributed by atoms with van der Waals surface area (Å²) in [4.78, 5) is 12.7. The van der Waals surface area contributed by atoms with Gasteiger partial charge in [0.2, 0.25) is 10.0 Å². The van der Waals surface area contributed by atoms with Gasteiger partial charge in [-0.25, -0.2) is 8.42 Å². The fourth-order valence-electron chi connectivity index (χ4n) is 3.06. The molecule has 9 heteroatoms. The molecule has 1 aliphatic rings. The summed E-state index contributed by atoms with van der Waals surface area (Å²) < 4.78 is 43.4. The van der Waals surface area contributed by atoms with Crippen molar-refractivity contribution in [3.8, 4) is 11.5 Å². The molecule has 8 nitrogen and oxygen atoms in total. The lowest BCUT2D eigenvalue weighted by Gasteiger charge is -2.26. The average Bonchev–Trinajstić information content (AvgIpc) is 2.74. The van der Waals surface area contributed by atoms with Gasteiger partial charge >= 0.3 is 0 Å². The summed E-state index contributed by atoms with van der Waals surface area (Å²) in [5.41, 5.74) is 1.28. The summed E-state index contributed by atoms with van der Waals surface area (Å²) in [6.07, 6.45) is -0.795. The van der Waals surface area contributed by atoms with E-state index in [2.05, 4.69) is 5.32 Å². The second-order valence-corrected chi connectivity index (χ2v) is 8.88. The number of morpholine rings is 1. The third-order valence-corrected chi connectivity index (χ3v) is 6.60. The number of anilines is 1. The predicted molar refractivity (Wildman–Crippen MR) is 112 cm³/mol. The first-order valence-electron chi connectivity index (χ1n) is 9.61. The molecule has 0 aromatic heterocycles. The number of nitrogens with zero attached hydrogens (tertiary/aromatic N) is 1. The van der Waals surface area contributed by atoms with Crippen molar-refractivity contribution >= 4 is 21.6 Å². The van der Waals surface area contributed by atoms with E-state index < -0.39 is 22.0 Å². The van der Waals surface area contributed by atoms with Crippen molar-refractivity contribution < 1.29 is 27.4 Å². The van der Waals surface area contributed by atoms with E-state index in [-0.39, 0.29) is 23.7 Å². The van der Waals surface area contributed by atoms with Gasteiger partial charge in [-0.3, -0.25) is 4.79 Å². The quantitative estimate of drug-likeness (QED) is 0.719. The van der Waals surface area contributed by atoms with Crippen molar-refractivity contribution in [1.82, 2.24) is 4.31 Å². The van der Waals surface area contributed by atoms with E-state index >= 15 is 0 Å². The first-order valence-corrected chi connectivity index (χ1v) is 11.1. The number of nitrogens with one attached hydrogen (secondary N) is 1. The largest absolute Gasteiger partial charge is 0.495 e. The molecule has 0 bridgehead atoms. The molecule has 1 amide bonds. The summed E-state index contributed by atoms with van der Waals surface area (Å²) in [6.45, 7) is 4.84. The zero-order chi connectivity index (χ0) is 21.7. The number of hydrogen-bond donors (Lipinski definition) is 1. The molecule has 1 saturated heterocycles. The number of carbonyl (C=O) groups is 1. The van der Waals surface area contributed by atoms with E-state index in [4.69, 9.17) is 14.2 Å². The van der Waals surface area contributed by atoms with Gasteiger partial charge in [-0.15, -0.1) is 0 Å². The van der Waals surface area contributed by atoms with Crippen LogP contribution in [0.4, 0.5) is 5.69 Å². The maximum atomic E-state index is 12.9. The lowest BCUT2D eigenvalue weighted by atomic mass is 10.2. The molecule has 30 heavy (non-hydrogen) atoms. The summed E-state index contributed by atoms with van der Waals surface area (Å²) >= 11 is 0. The number of carbonyl (C=O) groups excluding carboxylic acids is 1. The zero-order valence-electron chi connectivity index (χ0n) is 17.3. The maximum absolute atomic E-state index is 12.9. The molecule has 2 aromatic carbocycles. The van der Waals surface area contributed by atoms with Crippen LogP contribution < -0.4 is 14.8 Å². The molecule has 1 heterocycles. The van der Waals surface area contributed by atoms with Gasteiger partial charge in [0.1, 0.15) is 11.5 Å². The monoisotopic (exact) mass is 434 g/mol. The number of ether oxygens (including phenoxy) is 3. The van der Waals surface area contributed by atoms with Crippen LogP contribution in [0.3, 0.4) is 0 Å². The van der Waals surface area contributed by atoms with Crippen molar-refractivity contribution in [3.63, 3.8) is 0 Å². The molecular formula is C21H26N2O6S. The van der Waals surface area contributed by atoms with Crippen molar-refractivity contribution in [2.45, 2.75) is 24.8 Å². The van der Waals surface area contributed by atoms with Crippen molar-refractivity contribution in [3.05, 3.63) is 48.0 Å². The topological polar surface area (TPSA) is 94.2 Å². The number of rotatable bonds is 7. The molecule has 0 radical (unpaired) electrons. The Balaban J connectivity index is 1.78. The second-order valence-electron chi connectivity index (χ2n) is 6.94. The van der Waals surface area contributed by atoms with Gasteiger partial charge in [-0.05, 0) is 49.7 Å². The smallest absolute Gasteiger partial charge is 0.265 e. The molecule has 0 aliphatic carbocycles. The summed E-state index contributed by atoms with van der Waals surface area (Å²) in [5.74, 6) is 0.510. The minimum Gasteiger partial charge on any atom is -0.495 e. The van der Waals surface area contributed by atoms with Crippen molar-refractivity contribution in [2.24, 2.45) is 0 Å². The molecule has 0 spiro atoms. The van der Waals surface area contributed by atoms with Crippen molar-refractivity contribution in [1.29, 1.82) is 0 Å². The van der Waals surface area contributed by atoms with E-state index in [1.165, 1.54) is 29.6 Å².